The molecule has 0 aliphatic heterocycles. The molecule has 0 fully saturated rings. The zero-order valence-corrected chi connectivity index (χ0v) is 11.5. The van der Waals surface area contributed by atoms with Gasteiger partial charge in [0.25, 0.3) is 0 Å². The van der Waals surface area contributed by atoms with Crippen LogP contribution < -0.4 is 4.90 Å². The highest BCUT2D eigenvalue weighted by atomic mass is 16.3. The highest BCUT2D eigenvalue weighted by Crippen LogP contribution is 2.16. The van der Waals surface area contributed by atoms with Crippen LogP contribution in [0.2, 0.25) is 0 Å². The second-order valence-electron chi connectivity index (χ2n) is 4.74. The number of rotatable bonds is 4. The molecule has 19 heavy (non-hydrogen) atoms. The molecule has 0 saturated carbocycles. The maximum absolute atomic E-state index is 9.43. The van der Waals surface area contributed by atoms with Gasteiger partial charge in [0.1, 0.15) is 0 Å². The third kappa shape index (κ3) is 3.51. The van der Waals surface area contributed by atoms with Crippen LogP contribution in [0.1, 0.15) is 30.1 Å². The van der Waals surface area contributed by atoms with Crippen LogP contribution in [0.15, 0.2) is 36.5 Å². The average molecular weight is 257 g/mol. The number of hydrogen-bond acceptors (Lipinski definition) is 4. The summed E-state index contributed by atoms with van der Waals surface area (Å²) in [6.07, 6.45) is 1.25. The third-order valence-electron chi connectivity index (χ3n) is 2.98. The lowest BCUT2D eigenvalue weighted by molar-refractivity contribution is 0.194. The maximum Gasteiger partial charge on any atom is 0.0931 e. The lowest BCUT2D eigenvalue weighted by Crippen LogP contribution is -2.17. The zero-order chi connectivity index (χ0) is 13.8. The Bertz CT molecular complexity index is 537. The Balaban J connectivity index is 2.09. The lowest BCUT2D eigenvalue weighted by atomic mass is 10.2. The first-order chi connectivity index (χ1) is 9.06. The molecule has 4 nitrogen and oxygen atoms in total. The lowest BCUT2D eigenvalue weighted by Gasteiger charge is -2.19. The summed E-state index contributed by atoms with van der Waals surface area (Å²) in [6.45, 7) is 4.43. The minimum absolute atomic E-state index is 0.530. The normalized spacial score (nSPS) is 12.2. The van der Waals surface area contributed by atoms with Gasteiger partial charge in [0.2, 0.25) is 0 Å². The molecule has 100 valence electrons. The van der Waals surface area contributed by atoms with Gasteiger partial charge >= 0.3 is 0 Å². The van der Waals surface area contributed by atoms with Gasteiger partial charge in [0.05, 0.1) is 35.9 Å². The molecule has 0 saturated heterocycles. The molecule has 0 spiro atoms. The molecule has 1 atom stereocenters. The predicted octanol–water partition coefficient (Wildman–Crippen LogP) is 2.47. The molecule has 2 aromatic rings. The second kappa shape index (κ2) is 5.80. The Hall–Kier alpha value is -1.94. The predicted molar refractivity (Wildman–Crippen MR) is 76.0 cm³/mol. The van der Waals surface area contributed by atoms with E-state index in [0.29, 0.717) is 5.69 Å². The minimum atomic E-state index is -0.530. The van der Waals surface area contributed by atoms with Crippen LogP contribution in [0.25, 0.3) is 0 Å². The van der Waals surface area contributed by atoms with Gasteiger partial charge in [-0.25, -0.2) is 0 Å². The van der Waals surface area contributed by atoms with Crippen molar-refractivity contribution in [1.82, 2.24) is 9.97 Å². The third-order valence-corrected chi connectivity index (χ3v) is 2.98. The molecule has 2 aromatic heterocycles. The van der Waals surface area contributed by atoms with E-state index in [2.05, 4.69) is 14.9 Å². The minimum Gasteiger partial charge on any atom is -0.387 e. The Morgan fingerprint density at radius 3 is 2.63 bits per heavy atom. The van der Waals surface area contributed by atoms with Gasteiger partial charge in [-0.05, 0) is 38.1 Å². The van der Waals surface area contributed by atoms with E-state index in [9.17, 15) is 5.11 Å². The number of aryl methyl sites for hydroxylation is 1. The van der Waals surface area contributed by atoms with E-state index >= 15 is 0 Å². The monoisotopic (exact) mass is 257 g/mol. The maximum atomic E-state index is 9.43. The molecular formula is C15H19N3O. The van der Waals surface area contributed by atoms with Crippen LogP contribution in [-0.2, 0) is 6.54 Å². The fourth-order valence-corrected chi connectivity index (χ4v) is 1.89. The summed E-state index contributed by atoms with van der Waals surface area (Å²) in [6, 6.07) is 9.83. The zero-order valence-electron chi connectivity index (χ0n) is 11.5. The number of anilines is 1. The van der Waals surface area contributed by atoms with Gasteiger partial charge in [-0.3, -0.25) is 9.97 Å². The fraction of sp³-hybridized carbons (Fsp3) is 0.333. The van der Waals surface area contributed by atoms with Crippen LogP contribution in [0.4, 0.5) is 5.69 Å². The Morgan fingerprint density at radius 1 is 1.26 bits per heavy atom. The van der Waals surface area contributed by atoms with Crippen molar-refractivity contribution >= 4 is 5.69 Å². The number of aromatic nitrogens is 2. The van der Waals surface area contributed by atoms with Crippen molar-refractivity contribution < 1.29 is 5.11 Å². The molecule has 0 radical (unpaired) electrons. The molecule has 0 aliphatic carbocycles. The largest absolute Gasteiger partial charge is 0.387 e. The number of aliphatic hydroxyl groups is 1. The van der Waals surface area contributed by atoms with E-state index in [1.807, 2.05) is 44.3 Å². The topological polar surface area (TPSA) is 49.2 Å². The Labute approximate surface area is 113 Å². The molecule has 0 aliphatic rings. The van der Waals surface area contributed by atoms with Crippen molar-refractivity contribution in [2.75, 3.05) is 11.9 Å². The van der Waals surface area contributed by atoms with Gasteiger partial charge < -0.3 is 10.0 Å². The van der Waals surface area contributed by atoms with Gasteiger partial charge in [0, 0.05) is 12.7 Å². The summed E-state index contributed by atoms with van der Waals surface area (Å²) in [7, 11) is 2.00. The molecule has 2 rings (SSSR count). The van der Waals surface area contributed by atoms with E-state index in [1.165, 1.54) is 0 Å². The molecule has 0 amide bonds. The van der Waals surface area contributed by atoms with Crippen LogP contribution in [0, 0.1) is 6.92 Å². The second-order valence-corrected chi connectivity index (χ2v) is 4.74. The van der Waals surface area contributed by atoms with Crippen molar-refractivity contribution in [3.05, 3.63) is 53.6 Å². The summed E-state index contributed by atoms with van der Waals surface area (Å²) in [5, 5.41) is 9.43. The first kappa shape index (κ1) is 13.5. The highest BCUT2D eigenvalue weighted by Gasteiger charge is 2.06. The van der Waals surface area contributed by atoms with Gasteiger partial charge in [0.15, 0.2) is 0 Å². The Morgan fingerprint density at radius 2 is 2.05 bits per heavy atom. The Kier molecular flexibility index (Phi) is 4.12. The van der Waals surface area contributed by atoms with E-state index in [4.69, 9.17) is 0 Å². The SMILES string of the molecule is Cc1cccc(CN(C)c2ccc(C(C)O)nc2)n1. The quantitative estimate of drug-likeness (QED) is 0.914. The molecule has 4 heteroatoms. The standard InChI is InChI=1S/C15H19N3O/c1-11-5-4-6-13(17-11)10-18(3)14-7-8-15(12(2)19)16-9-14/h4-9,12,19H,10H2,1-3H3. The summed E-state index contributed by atoms with van der Waals surface area (Å²) in [5.74, 6) is 0. The van der Waals surface area contributed by atoms with Crippen molar-refractivity contribution in [3.63, 3.8) is 0 Å². The van der Waals surface area contributed by atoms with E-state index in [0.717, 1.165) is 23.6 Å². The number of pyridine rings is 2. The fourth-order valence-electron chi connectivity index (χ4n) is 1.89. The van der Waals surface area contributed by atoms with E-state index in [-0.39, 0.29) is 0 Å². The highest BCUT2D eigenvalue weighted by molar-refractivity contribution is 5.44. The van der Waals surface area contributed by atoms with Crippen LogP contribution in [-0.4, -0.2) is 22.1 Å². The number of nitrogens with zero attached hydrogens (tertiary/aromatic N) is 3. The summed E-state index contributed by atoms with van der Waals surface area (Å²) in [4.78, 5) is 10.8. The summed E-state index contributed by atoms with van der Waals surface area (Å²) >= 11 is 0. The average Bonchev–Trinajstić information content (AvgIpc) is 2.39. The first-order valence-electron chi connectivity index (χ1n) is 6.34. The molecule has 0 aromatic carbocycles. The van der Waals surface area contributed by atoms with Crippen molar-refractivity contribution in [2.24, 2.45) is 0 Å². The molecule has 0 bridgehead atoms. The van der Waals surface area contributed by atoms with Crippen LogP contribution >= 0.6 is 0 Å². The van der Waals surface area contributed by atoms with Crippen LogP contribution in [0.3, 0.4) is 0 Å². The van der Waals surface area contributed by atoms with Crippen molar-refractivity contribution in [3.8, 4) is 0 Å². The van der Waals surface area contributed by atoms with E-state index < -0.39 is 6.10 Å². The molecular weight excluding hydrogens is 238 g/mol. The van der Waals surface area contributed by atoms with Crippen molar-refractivity contribution in [1.29, 1.82) is 0 Å². The summed E-state index contributed by atoms with van der Waals surface area (Å²) < 4.78 is 0. The molecule has 1 unspecified atom stereocenters. The van der Waals surface area contributed by atoms with Gasteiger partial charge in [-0.1, -0.05) is 6.07 Å². The molecule has 1 N–H and O–H groups in total. The van der Waals surface area contributed by atoms with E-state index in [1.54, 1.807) is 13.1 Å². The molecule has 2 heterocycles. The smallest absolute Gasteiger partial charge is 0.0931 e. The van der Waals surface area contributed by atoms with Crippen LogP contribution in [0.5, 0.6) is 0 Å². The number of hydrogen-bond donors (Lipinski definition) is 1. The first-order valence-corrected chi connectivity index (χ1v) is 6.34. The summed E-state index contributed by atoms with van der Waals surface area (Å²) in [5.41, 5.74) is 3.74. The van der Waals surface area contributed by atoms with Gasteiger partial charge in [-0.15, -0.1) is 0 Å². The van der Waals surface area contributed by atoms with Gasteiger partial charge in [-0.2, -0.15) is 0 Å². The number of aliphatic hydroxyl groups excluding tert-OH is 1. The van der Waals surface area contributed by atoms with Crippen molar-refractivity contribution in [2.45, 2.75) is 26.5 Å².